The number of hydrogen-bond donors (Lipinski definition) is 0. The maximum Gasteiger partial charge on any atom is 0.343 e. The van der Waals surface area contributed by atoms with Gasteiger partial charge in [0.05, 0.1) is 17.7 Å². The number of alkyl halides is 4. The summed E-state index contributed by atoms with van der Waals surface area (Å²) in [7, 11) is 0. The zero-order valence-corrected chi connectivity index (χ0v) is 26.0. The molecule has 46 heavy (non-hydrogen) atoms. The number of carbonyl (C=O) groups is 2. The highest BCUT2D eigenvalue weighted by Gasteiger charge is 2.42. The maximum absolute atomic E-state index is 13.0. The molecule has 0 N–H and O–H groups in total. The van der Waals surface area contributed by atoms with Crippen molar-refractivity contribution in [2.24, 2.45) is 0 Å². The molecule has 0 aliphatic heterocycles. The summed E-state index contributed by atoms with van der Waals surface area (Å²) in [6, 6.07) is 18.9. The van der Waals surface area contributed by atoms with Crippen LogP contribution in [0, 0.1) is 11.8 Å². The third kappa shape index (κ3) is 13.0. The molecule has 246 valence electrons. The molecule has 0 radical (unpaired) electrons. The Labute approximate surface area is 268 Å². The molecule has 3 aromatic carbocycles. The Bertz CT molecular complexity index is 1410. The molecule has 0 unspecified atom stereocenters. The summed E-state index contributed by atoms with van der Waals surface area (Å²) in [5.41, 5.74) is 1.61. The van der Waals surface area contributed by atoms with Gasteiger partial charge in [0.25, 0.3) is 0 Å². The molecule has 0 saturated carbocycles. The highest BCUT2D eigenvalue weighted by atomic mass is 19.3. The van der Waals surface area contributed by atoms with Crippen LogP contribution in [-0.4, -0.2) is 37.5 Å². The molecule has 0 amide bonds. The van der Waals surface area contributed by atoms with E-state index in [9.17, 15) is 27.2 Å². The number of halogens is 4. The molecule has 0 atom stereocenters. The van der Waals surface area contributed by atoms with Crippen LogP contribution in [0.3, 0.4) is 0 Å². The zero-order valence-electron chi connectivity index (χ0n) is 26.0. The van der Waals surface area contributed by atoms with E-state index < -0.39 is 30.9 Å². The van der Waals surface area contributed by atoms with Gasteiger partial charge in [-0.2, -0.15) is 8.78 Å². The predicted octanol–water partition coefficient (Wildman–Crippen LogP) is 9.66. The topological polar surface area (TPSA) is 61.8 Å². The van der Waals surface area contributed by atoms with E-state index in [0.29, 0.717) is 12.2 Å². The van der Waals surface area contributed by atoms with Crippen molar-refractivity contribution in [3.63, 3.8) is 0 Å². The number of esters is 2. The van der Waals surface area contributed by atoms with E-state index >= 15 is 0 Å². The Morgan fingerprint density at radius 1 is 0.652 bits per heavy atom. The lowest BCUT2D eigenvalue weighted by Gasteiger charge is -2.15. The lowest BCUT2D eigenvalue weighted by Crippen LogP contribution is -2.33. The quantitative estimate of drug-likeness (QED) is 0.0456. The molecule has 0 saturated heterocycles. The maximum atomic E-state index is 13.0. The van der Waals surface area contributed by atoms with Gasteiger partial charge >= 0.3 is 24.3 Å². The van der Waals surface area contributed by atoms with Crippen molar-refractivity contribution in [3.05, 3.63) is 95.1 Å². The van der Waals surface area contributed by atoms with Gasteiger partial charge in [-0.25, -0.2) is 18.4 Å². The van der Waals surface area contributed by atoms with Crippen LogP contribution < -0.4 is 9.47 Å². The fourth-order valence-corrected chi connectivity index (χ4v) is 4.38. The van der Waals surface area contributed by atoms with Crippen molar-refractivity contribution in [1.29, 1.82) is 0 Å². The van der Waals surface area contributed by atoms with Gasteiger partial charge in [-0.05, 0) is 79.2 Å². The third-order valence-electron chi connectivity index (χ3n) is 7.11. The monoisotopic (exact) mass is 640 g/mol. The van der Waals surface area contributed by atoms with Gasteiger partial charge < -0.3 is 14.2 Å². The number of rotatable bonds is 18. The lowest BCUT2D eigenvalue weighted by atomic mass is 10.1. The molecule has 0 spiro atoms. The predicted molar refractivity (Wildman–Crippen MR) is 169 cm³/mol. The first kappa shape index (κ1) is 36.2. The summed E-state index contributed by atoms with van der Waals surface area (Å²) in [5.74, 6) is 0.716. The molecule has 0 aromatic heterocycles. The van der Waals surface area contributed by atoms with Gasteiger partial charge in [0, 0.05) is 11.1 Å². The highest BCUT2D eigenvalue weighted by molar-refractivity contribution is 5.92. The Morgan fingerprint density at radius 2 is 1.11 bits per heavy atom. The lowest BCUT2D eigenvalue weighted by molar-refractivity contribution is -0.155. The van der Waals surface area contributed by atoms with Crippen LogP contribution >= 0.6 is 0 Å². The van der Waals surface area contributed by atoms with Crippen molar-refractivity contribution < 1.29 is 41.4 Å². The third-order valence-corrected chi connectivity index (χ3v) is 7.11. The number of ether oxygens (including phenoxy) is 3. The van der Waals surface area contributed by atoms with Crippen molar-refractivity contribution in [2.75, 3.05) is 13.2 Å². The summed E-state index contributed by atoms with van der Waals surface area (Å²) in [6.07, 6.45) is 8.87. The minimum Gasteiger partial charge on any atom is -0.494 e. The molecule has 0 fully saturated rings. The standard InChI is InChI=1S/C37H40F4O5/c1-2-3-4-5-6-7-8-9-10-11-26-44-32-22-16-29(17-23-32)13-12-28-14-18-31(19-15-28)35(43)46-33-24-20-30(21-25-33)34(42)45-27-37(40,41)36(38)39/h14-25,36H,2-11,26-27H2,1H3. The van der Waals surface area contributed by atoms with Gasteiger partial charge in [-0.15, -0.1) is 0 Å². The van der Waals surface area contributed by atoms with Crippen LogP contribution in [0.1, 0.15) is 103 Å². The van der Waals surface area contributed by atoms with Crippen LogP contribution in [0.2, 0.25) is 0 Å². The van der Waals surface area contributed by atoms with Crippen molar-refractivity contribution in [1.82, 2.24) is 0 Å². The molecule has 0 aliphatic rings. The first-order valence-corrected chi connectivity index (χ1v) is 15.7. The Kier molecular flexibility index (Phi) is 15.1. The summed E-state index contributed by atoms with van der Waals surface area (Å²) in [4.78, 5) is 24.4. The van der Waals surface area contributed by atoms with Gasteiger partial charge in [0.15, 0.2) is 6.61 Å². The van der Waals surface area contributed by atoms with Gasteiger partial charge in [0.2, 0.25) is 0 Å². The van der Waals surface area contributed by atoms with Gasteiger partial charge in [-0.3, -0.25) is 0 Å². The zero-order chi connectivity index (χ0) is 33.2. The second kappa shape index (κ2) is 19.3. The van der Waals surface area contributed by atoms with Gasteiger partial charge in [-0.1, -0.05) is 76.6 Å². The number of unbranched alkanes of at least 4 members (excludes halogenated alkanes) is 9. The molecule has 5 nitrogen and oxygen atoms in total. The SMILES string of the molecule is CCCCCCCCCCCCOc1ccc(C#Cc2ccc(C(=O)Oc3ccc(C(=O)OCC(F)(F)C(F)F)cc3)cc2)cc1. The largest absolute Gasteiger partial charge is 0.494 e. The smallest absolute Gasteiger partial charge is 0.343 e. The van der Waals surface area contributed by atoms with E-state index in [0.717, 1.165) is 17.7 Å². The van der Waals surface area contributed by atoms with Crippen molar-refractivity contribution in [3.8, 4) is 23.3 Å². The molecule has 0 bridgehead atoms. The van der Waals surface area contributed by atoms with E-state index in [4.69, 9.17) is 9.47 Å². The van der Waals surface area contributed by atoms with Crippen LogP contribution in [0.5, 0.6) is 11.5 Å². The Morgan fingerprint density at radius 3 is 1.65 bits per heavy atom. The molecule has 3 rings (SSSR count). The normalized spacial score (nSPS) is 11.1. The second-order valence-corrected chi connectivity index (χ2v) is 10.9. The summed E-state index contributed by atoms with van der Waals surface area (Å²) >= 11 is 0. The number of hydrogen-bond acceptors (Lipinski definition) is 5. The summed E-state index contributed by atoms with van der Waals surface area (Å²) in [6.45, 7) is 1.19. The van der Waals surface area contributed by atoms with Crippen LogP contribution in [-0.2, 0) is 4.74 Å². The van der Waals surface area contributed by atoms with E-state index in [2.05, 4.69) is 23.5 Å². The molecular weight excluding hydrogens is 600 g/mol. The fraction of sp³-hybridized carbons (Fsp3) is 0.405. The van der Waals surface area contributed by atoms with Crippen LogP contribution in [0.15, 0.2) is 72.8 Å². The number of carbonyl (C=O) groups excluding carboxylic acids is 2. The van der Waals surface area contributed by atoms with Crippen LogP contribution in [0.4, 0.5) is 17.6 Å². The first-order valence-electron chi connectivity index (χ1n) is 15.7. The molecule has 3 aromatic rings. The van der Waals surface area contributed by atoms with Crippen LogP contribution in [0.25, 0.3) is 0 Å². The Hall–Kier alpha value is -4.32. The molecule has 0 aliphatic carbocycles. The summed E-state index contributed by atoms with van der Waals surface area (Å²) < 4.78 is 65.7. The second-order valence-electron chi connectivity index (χ2n) is 10.9. The average Bonchev–Trinajstić information content (AvgIpc) is 3.06. The Balaban J connectivity index is 1.38. The van der Waals surface area contributed by atoms with E-state index in [1.807, 2.05) is 24.3 Å². The average molecular weight is 641 g/mol. The molecule has 9 heteroatoms. The van der Waals surface area contributed by atoms with Gasteiger partial charge in [0.1, 0.15) is 11.5 Å². The fourth-order valence-electron chi connectivity index (χ4n) is 4.38. The van der Waals surface area contributed by atoms with Crippen molar-refractivity contribution in [2.45, 2.75) is 83.5 Å². The highest BCUT2D eigenvalue weighted by Crippen LogP contribution is 2.24. The van der Waals surface area contributed by atoms with E-state index in [-0.39, 0.29) is 16.9 Å². The minimum atomic E-state index is -4.45. The molecular formula is C37H40F4O5. The minimum absolute atomic E-state index is 0.0826. The van der Waals surface area contributed by atoms with E-state index in [1.54, 1.807) is 24.3 Å². The summed E-state index contributed by atoms with van der Waals surface area (Å²) in [5, 5.41) is 0. The van der Waals surface area contributed by atoms with E-state index in [1.165, 1.54) is 82.1 Å². The number of benzene rings is 3. The molecule has 0 heterocycles. The van der Waals surface area contributed by atoms with Crippen molar-refractivity contribution >= 4 is 11.9 Å². The first-order chi connectivity index (χ1) is 22.2.